The molecular weight excluding hydrogens is 260 g/mol. The quantitative estimate of drug-likeness (QED) is 0.918. The standard InChI is InChI=1S/C18H20N2O/c1-14(15-7-3-2-4-8-15)19-16-9-5-10-17(13-16)20-12-6-11-18(20)21/h2-5,7-10,13-14,19H,6,11-12H2,1H3. The Morgan fingerprint density at radius 1 is 1.10 bits per heavy atom. The van der Waals surface area contributed by atoms with Crippen LogP contribution in [-0.4, -0.2) is 12.5 Å². The van der Waals surface area contributed by atoms with Crippen molar-refractivity contribution in [2.24, 2.45) is 0 Å². The van der Waals surface area contributed by atoms with Crippen LogP contribution in [0.5, 0.6) is 0 Å². The molecule has 21 heavy (non-hydrogen) atoms. The summed E-state index contributed by atoms with van der Waals surface area (Å²) in [7, 11) is 0. The van der Waals surface area contributed by atoms with Gasteiger partial charge in [-0.25, -0.2) is 0 Å². The summed E-state index contributed by atoms with van der Waals surface area (Å²) in [5, 5.41) is 3.50. The minimum atomic E-state index is 0.225. The van der Waals surface area contributed by atoms with Crippen molar-refractivity contribution in [3.8, 4) is 0 Å². The third-order valence-electron chi connectivity index (χ3n) is 3.91. The van der Waals surface area contributed by atoms with Gasteiger partial charge < -0.3 is 10.2 Å². The van der Waals surface area contributed by atoms with Gasteiger partial charge in [-0.3, -0.25) is 4.79 Å². The van der Waals surface area contributed by atoms with E-state index in [1.807, 2.05) is 41.3 Å². The van der Waals surface area contributed by atoms with Gasteiger partial charge in [-0.2, -0.15) is 0 Å². The monoisotopic (exact) mass is 280 g/mol. The molecule has 1 fully saturated rings. The summed E-state index contributed by atoms with van der Waals surface area (Å²) in [5.74, 6) is 0.225. The van der Waals surface area contributed by atoms with Crippen molar-refractivity contribution < 1.29 is 4.79 Å². The zero-order valence-electron chi connectivity index (χ0n) is 12.3. The summed E-state index contributed by atoms with van der Waals surface area (Å²) in [6, 6.07) is 18.7. The van der Waals surface area contributed by atoms with Gasteiger partial charge in [0.25, 0.3) is 0 Å². The number of hydrogen-bond acceptors (Lipinski definition) is 2. The largest absolute Gasteiger partial charge is 0.378 e. The molecule has 1 N–H and O–H groups in total. The maximum absolute atomic E-state index is 11.8. The molecule has 0 aliphatic carbocycles. The van der Waals surface area contributed by atoms with Crippen LogP contribution in [-0.2, 0) is 4.79 Å². The third-order valence-corrected chi connectivity index (χ3v) is 3.91. The van der Waals surface area contributed by atoms with Crippen molar-refractivity contribution in [3.05, 3.63) is 60.2 Å². The molecule has 0 bridgehead atoms. The molecule has 3 rings (SSSR count). The number of nitrogens with zero attached hydrogens (tertiary/aromatic N) is 1. The second-order valence-corrected chi connectivity index (χ2v) is 5.48. The Morgan fingerprint density at radius 3 is 2.62 bits per heavy atom. The van der Waals surface area contributed by atoms with Crippen LogP contribution < -0.4 is 10.2 Å². The van der Waals surface area contributed by atoms with E-state index in [4.69, 9.17) is 0 Å². The number of benzene rings is 2. The number of amides is 1. The van der Waals surface area contributed by atoms with Crippen LogP contribution in [0.3, 0.4) is 0 Å². The SMILES string of the molecule is CC(Nc1cccc(N2CCCC2=O)c1)c1ccccc1. The molecule has 0 radical (unpaired) electrons. The fraction of sp³-hybridized carbons (Fsp3) is 0.278. The van der Waals surface area contributed by atoms with E-state index in [1.54, 1.807) is 0 Å². The molecule has 3 heteroatoms. The summed E-state index contributed by atoms with van der Waals surface area (Å²) in [5.41, 5.74) is 3.28. The Morgan fingerprint density at radius 2 is 1.90 bits per heavy atom. The van der Waals surface area contributed by atoms with E-state index in [0.29, 0.717) is 6.42 Å². The second kappa shape index (κ2) is 6.00. The lowest BCUT2D eigenvalue weighted by Crippen LogP contribution is -2.23. The number of rotatable bonds is 4. The van der Waals surface area contributed by atoms with E-state index >= 15 is 0 Å². The molecule has 1 atom stereocenters. The van der Waals surface area contributed by atoms with Gasteiger partial charge in [-0.1, -0.05) is 36.4 Å². The highest BCUT2D eigenvalue weighted by molar-refractivity contribution is 5.95. The Hall–Kier alpha value is -2.29. The van der Waals surface area contributed by atoms with Crippen LogP contribution in [0.25, 0.3) is 0 Å². The highest BCUT2D eigenvalue weighted by Gasteiger charge is 2.21. The summed E-state index contributed by atoms with van der Waals surface area (Å²) in [6.07, 6.45) is 1.62. The molecule has 2 aromatic rings. The highest BCUT2D eigenvalue weighted by Crippen LogP contribution is 2.26. The summed E-state index contributed by atoms with van der Waals surface area (Å²) in [4.78, 5) is 13.7. The average Bonchev–Trinajstić information content (AvgIpc) is 2.94. The van der Waals surface area contributed by atoms with E-state index in [1.165, 1.54) is 5.56 Å². The maximum atomic E-state index is 11.8. The molecule has 1 unspecified atom stereocenters. The molecule has 1 heterocycles. The first kappa shape index (κ1) is 13.7. The highest BCUT2D eigenvalue weighted by atomic mass is 16.2. The van der Waals surface area contributed by atoms with E-state index in [9.17, 15) is 4.79 Å². The van der Waals surface area contributed by atoms with Crippen LogP contribution in [0.1, 0.15) is 31.4 Å². The first-order valence-corrected chi connectivity index (χ1v) is 7.46. The van der Waals surface area contributed by atoms with Gasteiger partial charge in [0.2, 0.25) is 5.91 Å². The lowest BCUT2D eigenvalue weighted by atomic mass is 10.1. The molecule has 1 saturated heterocycles. The molecule has 1 aliphatic rings. The Labute approximate surface area is 125 Å². The Bertz CT molecular complexity index is 624. The molecule has 108 valence electrons. The van der Waals surface area contributed by atoms with Gasteiger partial charge >= 0.3 is 0 Å². The Balaban J connectivity index is 1.76. The van der Waals surface area contributed by atoms with Gasteiger partial charge in [0.1, 0.15) is 0 Å². The molecule has 0 aromatic heterocycles. The smallest absolute Gasteiger partial charge is 0.227 e. The van der Waals surface area contributed by atoms with E-state index < -0.39 is 0 Å². The Kier molecular flexibility index (Phi) is 3.91. The van der Waals surface area contributed by atoms with E-state index in [2.05, 4.69) is 30.4 Å². The summed E-state index contributed by atoms with van der Waals surface area (Å²) < 4.78 is 0. The van der Waals surface area contributed by atoms with Crippen LogP contribution in [0, 0.1) is 0 Å². The van der Waals surface area contributed by atoms with Crippen LogP contribution in [0.15, 0.2) is 54.6 Å². The van der Waals surface area contributed by atoms with Crippen LogP contribution in [0.2, 0.25) is 0 Å². The second-order valence-electron chi connectivity index (χ2n) is 5.48. The van der Waals surface area contributed by atoms with E-state index in [0.717, 1.165) is 24.3 Å². The number of hydrogen-bond donors (Lipinski definition) is 1. The van der Waals surface area contributed by atoms with Crippen molar-refractivity contribution >= 4 is 17.3 Å². The topological polar surface area (TPSA) is 32.3 Å². The van der Waals surface area contributed by atoms with Crippen molar-refractivity contribution in [1.82, 2.24) is 0 Å². The van der Waals surface area contributed by atoms with Crippen molar-refractivity contribution in [2.75, 3.05) is 16.8 Å². The fourth-order valence-corrected chi connectivity index (χ4v) is 2.76. The minimum absolute atomic E-state index is 0.225. The molecule has 0 saturated carbocycles. The lowest BCUT2D eigenvalue weighted by molar-refractivity contribution is -0.117. The van der Waals surface area contributed by atoms with Crippen LogP contribution >= 0.6 is 0 Å². The third kappa shape index (κ3) is 3.07. The normalized spacial score (nSPS) is 16.0. The average molecular weight is 280 g/mol. The fourth-order valence-electron chi connectivity index (χ4n) is 2.76. The van der Waals surface area contributed by atoms with Crippen LogP contribution in [0.4, 0.5) is 11.4 Å². The zero-order chi connectivity index (χ0) is 14.7. The molecule has 0 spiro atoms. The predicted octanol–water partition coefficient (Wildman–Crippen LogP) is 3.99. The first-order chi connectivity index (χ1) is 10.2. The molecule has 1 amide bonds. The van der Waals surface area contributed by atoms with Gasteiger partial charge in [0.15, 0.2) is 0 Å². The lowest BCUT2D eigenvalue weighted by Gasteiger charge is -2.19. The van der Waals surface area contributed by atoms with E-state index in [-0.39, 0.29) is 11.9 Å². The molecular formula is C18H20N2O. The maximum Gasteiger partial charge on any atom is 0.227 e. The van der Waals surface area contributed by atoms with Gasteiger partial charge in [-0.05, 0) is 37.1 Å². The van der Waals surface area contributed by atoms with Gasteiger partial charge in [-0.15, -0.1) is 0 Å². The van der Waals surface area contributed by atoms with Crippen molar-refractivity contribution in [1.29, 1.82) is 0 Å². The van der Waals surface area contributed by atoms with Crippen molar-refractivity contribution in [3.63, 3.8) is 0 Å². The summed E-state index contributed by atoms with van der Waals surface area (Å²) >= 11 is 0. The first-order valence-electron chi connectivity index (χ1n) is 7.46. The number of carbonyl (C=O) groups excluding carboxylic acids is 1. The number of anilines is 2. The summed E-state index contributed by atoms with van der Waals surface area (Å²) in [6.45, 7) is 2.97. The number of nitrogens with one attached hydrogen (secondary N) is 1. The predicted molar refractivity (Wildman–Crippen MR) is 86.5 cm³/mol. The minimum Gasteiger partial charge on any atom is -0.378 e. The van der Waals surface area contributed by atoms with Gasteiger partial charge in [0, 0.05) is 30.4 Å². The molecule has 2 aromatic carbocycles. The molecule has 3 nitrogen and oxygen atoms in total. The zero-order valence-corrected chi connectivity index (χ0v) is 12.3. The number of carbonyl (C=O) groups is 1. The van der Waals surface area contributed by atoms with Crippen molar-refractivity contribution in [2.45, 2.75) is 25.8 Å². The molecule has 1 aliphatic heterocycles. The van der Waals surface area contributed by atoms with Gasteiger partial charge in [0.05, 0.1) is 0 Å².